The van der Waals surface area contributed by atoms with Crippen LogP contribution in [0.5, 0.6) is 0 Å². The first-order valence-electron chi connectivity index (χ1n) is 11.7. The highest BCUT2D eigenvalue weighted by Crippen LogP contribution is 2.34. The van der Waals surface area contributed by atoms with Crippen molar-refractivity contribution in [2.24, 2.45) is 5.92 Å². The van der Waals surface area contributed by atoms with Gasteiger partial charge in [-0.2, -0.15) is 0 Å². The summed E-state index contributed by atoms with van der Waals surface area (Å²) in [5, 5.41) is 14.3. The lowest BCUT2D eigenvalue weighted by molar-refractivity contribution is -0.144. The molecule has 2 aromatic rings. The van der Waals surface area contributed by atoms with Gasteiger partial charge in [0, 0.05) is 42.7 Å². The normalized spacial score (nSPS) is 18.4. The van der Waals surface area contributed by atoms with Gasteiger partial charge in [-0.3, -0.25) is 14.4 Å². The molecule has 0 atom stereocenters. The maximum Gasteiger partial charge on any atom is 0.251 e. The Bertz CT molecular complexity index is 1010. The molecule has 180 valence electrons. The number of rotatable bonds is 5. The lowest BCUT2D eigenvalue weighted by Crippen LogP contribution is -2.50. The first-order chi connectivity index (χ1) is 16.4. The molecule has 3 amide bonds. The number of benzene rings is 2. The van der Waals surface area contributed by atoms with Crippen molar-refractivity contribution in [3.8, 4) is 0 Å². The maximum absolute atomic E-state index is 13.1. The molecule has 2 aromatic carbocycles. The van der Waals surface area contributed by atoms with E-state index in [0.717, 1.165) is 5.56 Å². The standard InChI is InChI=1S/C26H30ClN3O4/c27-22-8-6-21(7-9-22)26(34)12-16-30(17-13-26)25(33)20-10-14-29(15-11-20)23(31)18-28-24(32)19-4-2-1-3-5-19/h1-9,20,34H,10-18H2,(H,28,32). The third-order valence-electron chi connectivity index (χ3n) is 6.92. The fourth-order valence-corrected chi connectivity index (χ4v) is 4.87. The molecule has 2 N–H and O–H groups in total. The molecule has 8 heteroatoms. The van der Waals surface area contributed by atoms with Crippen molar-refractivity contribution in [1.29, 1.82) is 0 Å². The summed E-state index contributed by atoms with van der Waals surface area (Å²) in [6.45, 7) is 1.95. The largest absolute Gasteiger partial charge is 0.385 e. The van der Waals surface area contributed by atoms with Gasteiger partial charge >= 0.3 is 0 Å². The van der Waals surface area contributed by atoms with E-state index in [0.29, 0.717) is 62.4 Å². The second-order valence-electron chi connectivity index (χ2n) is 9.07. The van der Waals surface area contributed by atoms with Crippen LogP contribution in [0.25, 0.3) is 0 Å². The number of hydrogen-bond acceptors (Lipinski definition) is 4. The van der Waals surface area contributed by atoms with Gasteiger partial charge < -0.3 is 20.2 Å². The monoisotopic (exact) mass is 483 g/mol. The molecule has 34 heavy (non-hydrogen) atoms. The van der Waals surface area contributed by atoms with Gasteiger partial charge in [0.2, 0.25) is 11.8 Å². The molecule has 0 aliphatic carbocycles. The first-order valence-corrected chi connectivity index (χ1v) is 12.1. The van der Waals surface area contributed by atoms with E-state index < -0.39 is 5.60 Å². The van der Waals surface area contributed by atoms with Gasteiger partial charge in [0.25, 0.3) is 5.91 Å². The topological polar surface area (TPSA) is 90.0 Å². The highest BCUT2D eigenvalue weighted by molar-refractivity contribution is 6.30. The van der Waals surface area contributed by atoms with E-state index in [1.165, 1.54) is 0 Å². The van der Waals surface area contributed by atoms with Crippen LogP contribution in [0.1, 0.15) is 41.6 Å². The van der Waals surface area contributed by atoms with Crippen LogP contribution >= 0.6 is 11.6 Å². The zero-order chi connectivity index (χ0) is 24.1. The van der Waals surface area contributed by atoms with Crippen molar-refractivity contribution in [3.63, 3.8) is 0 Å². The summed E-state index contributed by atoms with van der Waals surface area (Å²) < 4.78 is 0. The number of nitrogens with zero attached hydrogens (tertiary/aromatic N) is 2. The number of aliphatic hydroxyl groups is 1. The van der Waals surface area contributed by atoms with Crippen LogP contribution in [0.2, 0.25) is 5.02 Å². The molecule has 0 unspecified atom stereocenters. The van der Waals surface area contributed by atoms with Crippen molar-refractivity contribution in [3.05, 3.63) is 70.7 Å². The summed E-state index contributed by atoms with van der Waals surface area (Å²) in [4.78, 5) is 41.3. The van der Waals surface area contributed by atoms with Gasteiger partial charge in [0.05, 0.1) is 12.1 Å². The molecule has 0 spiro atoms. The smallest absolute Gasteiger partial charge is 0.251 e. The van der Waals surface area contributed by atoms with Crippen LogP contribution in [0.15, 0.2) is 54.6 Å². The zero-order valence-electron chi connectivity index (χ0n) is 19.1. The fourth-order valence-electron chi connectivity index (χ4n) is 4.74. The minimum Gasteiger partial charge on any atom is -0.385 e. The third kappa shape index (κ3) is 5.59. The van der Waals surface area contributed by atoms with Gasteiger partial charge in [-0.05, 0) is 55.5 Å². The van der Waals surface area contributed by atoms with Gasteiger partial charge in [-0.15, -0.1) is 0 Å². The summed E-state index contributed by atoms with van der Waals surface area (Å²) in [6, 6.07) is 16.0. The van der Waals surface area contributed by atoms with Crippen molar-refractivity contribution in [1.82, 2.24) is 15.1 Å². The van der Waals surface area contributed by atoms with E-state index in [1.807, 2.05) is 23.1 Å². The van der Waals surface area contributed by atoms with E-state index in [-0.39, 0.29) is 30.2 Å². The number of carbonyl (C=O) groups excluding carboxylic acids is 3. The number of piperidine rings is 2. The Hall–Kier alpha value is -2.90. The zero-order valence-corrected chi connectivity index (χ0v) is 19.8. The number of nitrogens with one attached hydrogen (secondary N) is 1. The summed E-state index contributed by atoms with van der Waals surface area (Å²) in [5.74, 6) is -0.434. The Balaban J connectivity index is 1.22. The van der Waals surface area contributed by atoms with Crippen molar-refractivity contribution in [2.45, 2.75) is 31.3 Å². The molecule has 2 fully saturated rings. The fraction of sp³-hybridized carbons (Fsp3) is 0.423. The molecular formula is C26H30ClN3O4. The van der Waals surface area contributed by atoms with Crippen LogP contribution in [-0.4, -0.2) is 65.4 Å². The van der Waals surface area contributed by atoms with Crippen LogP contribution < -0.4 is 5.32 Å². The van der Waals surface area contributed by atoms with Gasteiger partial charge in [0.1, 0.15) is 0 Å². The molecule has 0 bridgehead atoms. The van der Waals surface area contributed by atoms with Gasteiger partial charge in [0.15, 0.2) is 0 Å². The van der Waals surface area contributed by atoms with E-state index in [1.54, 1.807) is 41.3 Å². The van der Waals surface area contributed by atoms with Crippen molar-refractivity contribution >= 4 is 29.3 Å². The molecule has 2 aliphatic heterocycles. The summed E-state index contributed by atoms with van der Waals surface area (Å²) in [5.41, 5.74) is 0.403. The first kappa shape index (κ1) is 24.2. The predicted octanol–water partition coefficient (Wildman–Crippen LogP) is 2.82. The summed E-state index contributed by atoms with van der Waals surface area (Å²) >= 11 is 5.96. The lowest BCUT2D eigenvalue weighted by Gasteiger charge is -2.41. The molecule has 0 saturated carbocycles. The van der Waals surface area contributed by atoms with E-state index in [2.05, 4.69) is 5.32 Å². The van der Waals surface area contributed by atoms with Crippen molar-refractivity contribution < 1.29 is 19.5 Å². The quantitative estimate of drug-likeness (QED) is 0.684. The Labute approximate surface area is 204 Å². The van der Waals surface area contributed by atoms with Crippen LogP contribution in [0.4, 0.5) is 0 Å². The number of carbonyl (C=O) groups is 3. The molecule has 0 aromatic heterocycles. The Morgan fingerprint density at radius 3 is 2.15 bits per heavy atom. The lowest BCUT2D eigenvalue weighted by atomic mass is 9.84. The number of likely N-dealkylation sites (tertiary alicyclic amines) is 2. The minimum absolute atomic E-state index is 0.0538. The van der Waals surface area contributed by atoms with Crippen LogP contribution in [0, 0.1) is 5.92 Å². The van der Waals surface area contributed by atoms with E-state index >= 15 is 0 Å². The Morgan fingerprint density at radius 1 is 0.912 bits per heavy atom. The number of amides is 3. The molecule has 2 saturated heterocycles. The number of hydrogen-bond donors (Lipinski definition) is 2. The average Bonchev–Trinajstić information content (AvgIpc) is 2.88. The van der Waals surface area contributed by atoms with Crippen LogP contribution in [-0.2, 0) is 15.2 Å². The van der Waals surface area contributed by atoms with Crippen LogP contribution in [0.3, 0.4) is 0 Å². The highest BCUT2D eigenvalue weighted by Gasteiger charge is 2.38. The molecule has 2 aliphatic rings. The Morgan fingerprint density at radius 2 is 1.53 bits per heavy atom. The summed E-state index contributed by atoms with van der Waals surface area (Å²) in [6.07, 6.45) is 2.18. The van der Waals surface area contributed by atoms with Crippen molar-refractivity contribution in [2.75, 3.05) is 32.7 Å². The number of halogens is 1. The predicted molar refractivity (Wildman–Crippen MR) is 129 cm³/mol. The van der Waals surface area contributed by atoms with E-state index in [9.17, 15) is 19.5 Å². The second kappa shape index (κ2) is 10.6. The molecule has 7 nitrogen and oxygen atoms in total. The molecular weight excluding hydrogens is 454 g/mol. The molecule has 4 rings (SSSR count). The third-order valence-corrected chi connectivity index (χ3v) is 7.17. The van der Waals surface area contributed by atoms with Gasteiger partial charge in [-0.1, -0.05) is 41.9 Å². The molecule has 2 heterocycles. The Kier molecular flexibility index (Phi) is 7.54. The SMILES string of the molecule is O=C(NCC(=O)N1CCC(C(=O)N2CCC(O)(c3ccc(Cl)cc3)CC2)CC1)c1ccccc1. The second-order valence-corrected chi connectivity index (χ2v) is 9.50. The summed E-state index contributed by atoms with van der Waals surface area (Å²) in [7, 11) is 0. The maximum atomic E-state index is 13.1. The minimum atomic E-state index is -0.943. The average molecular weight is 484 g/mol. The highest BCUT2D eigenvalue weighted by atomic mass is 35.5. The van der Waals surface area contributed by atoms with E-state index in [4.69, 9.17) is 11.6 Å². The van der Waals surface area contributed by atoms with Gasteiger partial charge in [-0.25, -0.2) is 0 Å². The molecule has 0 radical (unpaired) electrons.